The molecule has 2 nitrogen and oxygen atoms in total. The van der Waals surface area contributed by atoms with Gasteiger partial charge in [-0.05, 0) is 13.1 Å². The monoisotopic (exact) mass is 260 g/mol. The molecule has 0 bridgehead atoms. The number of rotatable bonds is 3. The second kappa shape index (κ2) is 4.56. The normalized spacial score (nSPS) is 11.1. The molecule has 0 radical (unpaired) electrons. The van der Waals surface area contributed by atoms with Gasteiger partial charge in [0.05, 0.1) is 5.69 Å². The lowest BCUT2D eigenvalue weighted by atomic mass is 10.2. The first-order valence-electron chi connectivity index (χ1n) is 5.44. The number of nitrogens with one attached hydrogen (secondary N) is 1. The summed E-state index contributed by atoms with van der Waals surface area (Å²) in [5, 5.41) is 9.88. The Morgan fingerprint density at radius 2 is 2.06 bits per heavy atom. The van der Waals surface area contributed by atoms with Gasteiger partial charge < -0.3 is 5.32 Å². The van der Waals surface area contributed by atoms with Gasteiger partial charge in [-0.15, -0.1) is 22.7 Å². The fraction of sp³-hybridized carbons (Fsp3) is 0.154. The van der Waals surface area contributed by atoms with Gasteiger partial charge >= 0.3 is 0 Å². The van der Waals surface area contributed by atoms with Crippen LogP contribution in [0.5, 0.6) is 0 Å². The summed E-state index contributed by atoms with van der Waals surface area (Å²) in [6, 6.07) is 8.49. The Bertz CT molecular complexity index is 639. The lowest BCUT2D eigenvalue weighted by Crippen LogP contribution is -2.04. The Kier molecular flexibility index (Phi) is 2.93. The van der Waals surface area contributed by atoms with Crippen LogP contribution in [0.4, 0.5) is 0 Å². The predicted octanol–water partition coefficient (Wildman–Crippen LogP) is 3.74. The van der Waals surface area contributed by atoms with E-state index in [0.717, 1.165) is 17.2 Å². The highest BCUT2D eigenvalue weighted by atomic mass is 32.1. The third kappa shape index (κ3) is 1.99. The van der Waals surface area contributed by atoms with E-state index in [9.17, 15) is 0 Å². The van der Waals surface area contributed by atoms with E-state index in [-0.39, 0.29) is 0 Å². The van der Waals surface area contributed by atoms with Crippen molar-refractivity contribution >= 4 is 32.8 Å². The minimum Gasteiger partial charge on any atom is -0.314 e. The molecular weight excluding hydrogens is 248 g/mol. The van der Waals surface area contributed by atoms with Gasteiger partial charge in [-0.25, -0.2) is 4.98 Å². The molecule has 3 aromatic rings. The number of benzene rings is 1. The first-order chi connectivity index (χ1) is 8.38. The van der Waals surface area contributed by atoms with Crippen molar-refractivity contribution in [3.8, 4) is 10.6 Å². The Hall–Kier alpha value is -1.23. The van der Waals surface area contributed by atoms with Gasteiger partial charge in [-0.3, -0.25) is 0 Å². The SMILES string of the molecule is CNCc1csc(-c2csc3ccccc23)n1. The number of hydrogen-bond acceptors (Lipinski definition) is 4. The molecule has 3 rings (SSSR count). The van der Waals surface area contributed by atoms with Gasteiger partial charge in [-0.2, -0.15) is 0 Å². The zero-order valence-corrected chi connectivity index (χ0v) is 11.1. The van der Waals surface area contributed by atoms with Crippen molar-refractivity contribution < 1.29 is 0 Å². The molecule has 17 heavy (non-hydrogen) atoms. The Morgan fingerprint density at radius 1 is 1.18 bits per heavy atom. The van der Waals surface area contributed by atoms with Gasteiger partial charge in [0.1, 0.15) is 5.01 Å². The van der Waals surface area contributed by atoms with Crippen LogP contribution in [0.3, 0.4) is 0 Å². The molecule has 0 fully saturated rings. The zero-order valence-electron chi connectivity index (χ0n) is 9.43. The van der Waals surface area contributed by atoms with Crippen LogP contribution in [0.2, 0.25) is 0 Å². The number of hydrogen-bond donors (Lipinski definition) is 1. The van der Waals surface area contributed by atoms with Crippen LogP contribution in [-0.2, 0) is 6.54 Å². The van der Waals surface area contributed by atoms with Crippen LogP contribution in [0.1, 0.15) is 5.69 Å². The molecule has 1 aromatic carbocycles. The molecule has 0 saturated carbocycles. The van der Waals surface area contributed by atoms with Gasteiger partial charge in [0, 0.05) is 33.0 Å². The predicted molar refractivity (Wildman–Crippen MR) is 75.7 cm³/mol. The summed E-state index contributed by atoms with van der Waals surface area (Å²) in [6.45, 7) is 0.832. The molecule has 0 amide bonds. The van der Waals surface area contributed by atoms with Crippen molar-refractivity contribution in [1.29, 1.82) is 0 Å². The maximum atomic E-state index is 4.66. The summed E-state index contributed by atoms with van der Waals surface area (Å²) < 4.78 is 1.33. The molecule has 0 unspecified atom stereocenters. The number of fused-ring (bicyclic) bond motifs is 1. The van der Waals surface area contributed by atoms with E-state index in [4.69, 9.17) is 0 Å². The summed E-state index contributed by atoms with van der Waals surface area (Å²) in [6.07, 6.45) is 0. The second-order valence-electron chi connectivity index (χ2n) is 3.82. The lowest BCUT2D eigenvalue weighted by Gasteiger charge is -1.94. The molecule has 4 heteroatoms. The highest BCUT2D eigenvalue weighted by Crippen LogP contribution is 2.35. The van der Waals surface area contributed by atoms with E-state index < -0.39 is 0 Å². The van der Waals surface area contributed by atoms with E-state index in [0.29, 0.717) is 0 Å². The average Bonchev–Trinajstić information content (AvgIpc) is 2.95. The number of nitrogens with zero attached hydrogens (tertiary/aromatic N) is 1. The van der Waals surface area contributed by atoms with Crippen molar-refractivity contribution in [2.45, 2.75) is 6.54 Å². The van der Waals surface area contributed by atoms with Crippen LogP contribution >= 0.6 is 22.7 Å². The zero-order chi connectivity index (χ0) is 11.7. The Labute approximate surface area is 108 Å². The number of thiazole rings is 1. The fourth-order valence-corrected chi connectivity index (χ4v) is 3.71. The van der Waals surface area contributed by atoms with Crippen LogP contribution < -0.4 is 5.32 Å². The van der Waals surface area contributed by atoms with Crippen LogP contribution in [0, 0.1) is 0 Å². The van der Waals surface area contributed by atoms with Gasteiger partial charge in [0.2, 0.25) is 0 Å². The fourth-order valence-electron chi connectivity index (χ4n) is 1.84. The van der Waals surface area contributed by atoms with Crippen molar-refractivity contribution in [3.05, 3.63) is 40.7 Å². The molecule has 86 valence electrons. The summed E-state index contributed by atoms with van der Waals surface area (Å²) in [5.74, 6) is 0. The second-order valence-corrected chi connectivity index (χ2v) is 5.59. The van der Waals surface area contributed by atoms with Gasteiger partial charge in [0.25, 0.3) is 0 Å². The first kappa shape index (κ1) is 10.9. The smallest absolute Gasteiger partial charge is 0.125 e. The first-order valence-corrected chi connectivity index (χ1v) is 7.20. The summed E-state index contributed by atoms with van der Waals surface area (Å²) >= 11 is 3.50. The van der Waals surface area contributed by atoms with E-state index >= 15 is 0 Å². The molecular formula is C13H12N2S2. The van der Waals surface area contributed by atoms with E-state index in [1.54, 1.807) is 22.7 Å². The lowest BCUT2D eigenvalue weighted by molar-refractivity contribution is 0.798. The van der Waals surface area contributed by atoms with E-state index in [1.807, 2.05) is 7.05 Å². The topological polar surface area (TPSA) is 24.9 Å². The minimum absolute atomic E-state index is 0.832. The average molecular weight is 260 g/mol. The molecule has 2 aromatic heterocycles. The maximum absolute atomic E-state index is 4.66. The maximum Gasteiger partial charge on any atom is 0.125 e. The molecule has 1 N–H and O–H groups in total. The quantitative estimate of drug-likeness (QED) is 0.776. The van der Waals surface area contributed by atoms with Crippen LogP contribution in [-0.4, -0.2) is 12.0 Å². The molecule has 0 saturated heterocycles. The molecule has 0 aliphatic heterocycles. The van der Waals surface area contributed by atoms with Crippen LogP contribution in [0.15, 0.2) is 35.0 Å². The van der Waals surface area contributed by atoms with Gasteiger partial charge in [0.15, 0.2) is 0 Å². The summed E-state index contributed by atoms with van der Waals surface area (Å²) in [4.78, 5) is 4.66. The summed E-state index contributed by atoms with van der Waals surface area (Å²) in [5.41, 5.74) is 2.38. The minimum atomic E-state index is 0.832. The van der Waals surface area contributed by atoms with E-state index in [1.165, 1.54) is 15.6 Å². The Morgan fingerprint density at radius 3 is 2.94 bits per heavy atom. The number of aromatic nitrogens is 1. The highest BCUT2D eigenvalue weighted by Gasteiger charge is 2.09. The van der Waals surface area contributed by atoms with Gasteiger partial charge in [-0.1, -0.05) is 18.2 Å². The largest absolute Gasteiger partial charge is 0.314 e. The summed E-state index contributed by atoms with van der Waals surface area (Å²) in [7, 11) is 1.94. The van der Waals surface area contributed by atoms with E-state index in [2.05, 4.69) is 45.3 Å². The molecule has 0 aliphatic carbocycles. The highest BCUT2D eigenvalue weighted by molar-refractivity contribution is 7.18. The van der Waals surface area contributed by atoms with Crippen molar-refractivity contribution in [2.75, 3.05) is 7.05 Å². The van der Waals surface area contributed by atoms with Crippen molar-refractivity contribution in [1.82, 2.24) is 10.3 Å². The number of thiophene rings is 1. The van der Waals surface area contributed by atoms with Crippen LogP contribution in [0.25, 0.3) is 20.7 Å². The third-order valence-electron chi connectivity index (χ3n) is 2.62. The molecule has 0 aliphatic rings. The Balaban J connectivity index is 2.07. The van der Waals surface area contributed by atoms with Crippen molar-refractivity contribution in [2.24, 2.45) is 0 Å². The standard InChI is InChI=1S/C13H12N2S2/c1-14-6-9-7-17-13(15-9)11-8-16-12-5-3-2-4-10(11)12/h2-5,7-8,14H,6H2,1H3. The molecule has 0 atom stereocenters. The third-order valence-corrected chi connectivity index (χ3v) is 4.51. The molecule has 2 heterocycles. The van der Waals surface area contributed by atoms with Crippen molar-refractivity contribution in [3.63, 3.8) is 0 Å². The molecule has 0 spiro atoms.